The number of alkyl carbamates (subject to hydrolysis) is 1. The van der Waals surface area contributed by atoms with E-state index in [2.05, 4.69) is 22.5 Å². The quantitative estimate of drug-likeness (QED) is 0.0767. The molecule has 2 amide bonds. The standard InChI is InChI=1S/C36H49N5O7/c1-2-3-4-5-6-15-22-46-34(43)32(20-13-14-21-38-35(44)47-25-28-16-9-7-10-17-28)40-33(42)31(37)23-30-24-41(27-39-30)36(45)48-26-29-18-11-8-12-19-29/h7-12,16-19,24,27,31-32H,2-6,13-15,20-23,25-26,37H2,1H3,(H,38,44)(H,40,42)/t31-,32-/m0/s1. The molecule has 12 nitrogen and oxygen atoms in total. The summed E-state index contributed by atoms with van der Waals surface area (Å²) in [5.74, 6) is -1.06. The highest BCUT2D eigenvalue weighted by atomic mass is 16.6. The molecule has 1 heterocycles. The van der Waals surface area contributed by atoms with Gasteiger partial charge in [0.05, 0.1) is 18.3 Å². The first-order valence-electron chi connectivity index (χ1n) is 16.8. The van der Waals surface area contributed by atoms with Crippen molar-refractivity contribution in [2.24, 2.45) is 5.73 Å². The van der Waals surface area contributed by atoms with E-state index in [-0.39, 0.29) is 26.2 Å². The number of unbranched alkanes of at least 4 members (excludes halogenated alkanes) is 6. The molecule has 3 aromatic rings. The van der Waals surface area contributed by atoms with Crippen LogP contribution in [0, 0.1) is 0 Å². The molecule has 0 aliphatic carbocycles. The fraction of sp³-hybridized carbons (Fsp3) is 0.472. The number of nitrogens with two attached hydrogens (primary N) is 1. The van der Waals surface area contributed by atoms with E-state index in [4.69, 9.17) is 19.9 Å². The normalized spacial score (nSPS) is 12.0. The van der Waals surface area contributed by atoms with Gasteiger partial charge in [-0.05, 0) is 36.8 Å². The smallest absolute Gasteiger partial charge is 0.419 e. The highest BCUT2D eigenvalue weighted by Gasteiger charge is 2.25. The maximum atomic E-state index is 13.1. The summed E-state index contributed by atoms with van der Waals surface area (Å²) < 4.78 is 17.2. The highest BCUT2D eigenvalue weighted by molar-refractivity contribution is 5.87. The lowest BCUT2D eigenvalue weighted by Gasteiger charge is -2.20. The fourth-order valence-electron chi connectivity index (χ4n) is 4.80. The third-order valence-corrected chi connectivity index (χ3v) is 7.56. The highest BCUT2D eigenvalue weighted by Crippen LogP contribution is 2.09. The summed E-state index contributed by atoms with van der Waals surface area (Å²) in [6, 6.07) is 16.7. The van der Waals surface area contributed by atoms with Gasteiger partial charge in [-0.2, -0.15) is 0 Å². The van der Waals surface area contributed by atoms with Crippen LogP contribution in [0.1, 0.15) is 81.5 Å². The van der Waals surface area contributed by atoms with Gasteiger partial charge in [0.15, 0.2) is 0 Å². The number of nitrogens with one attached hydrogen (secondary N) is 2. The molecule has 0 radical (unpaired) electrons. The van der Waals surface area contributed by atoms with E-state index in [1.807, 2.05) is 60.7 Å². The lowest BCUT2D eigenvalue weighted by Crippen LogP contribution is -2.49. The van der Waals surface area contributed by atoms with Gasteiger partial charge in [-0.1, -0.05) is 99.7 Å². The molecule has 2 atom stereocenters. The van der Waals surface area contributed by atoms with E-state index in [0.717, 1.165) is 43.2 Å². The second kappa shape index (κ2) is 22.0. The Morgan fingerprint density at radius 3 is 2.15 bits per heavy atom. The van der Waals surface area contributed by atoms with Gasteiger partial charge >= 0.3 is 18.2 Å². The third kappa shape index (κ3) is 14.8. The summed E-state index contributed by atoms with van der Waals surface area (Å²) in [4.78, 5) is 54.7. The molecule has 12 heteroatoms. The molecular weight excluding hydrogens is 614 g/mol. The van der Waals surface area contributed by atoms with Crippen molar-refractivity contribution in [3.63, 3.8) is 0 Å². The minimum atomic E-state index is -1.02. The molecule has 0 bridgehead atoms. The first-order chi connectivity index (χ1) is 23.4. The Morgan fingerprint density at radius 2 is 1.46 bits per heavy atom. The lowest BCUT2D eigenvalue weighted by molar-refractivity contribution is -0.148. The lowest BCUT2D eigenvalue weighted by atomic mass is 10.1. The summed E-state index contributed by atoms with van der Waals surface area (Å²) in [7, 11) is 0. The van der Waals surface area contributed by atoms with E-state index in [1.54, 1.807) is 0 Å². The van der Waals surface area contributed by atoms with Crippen molar-refractivity contribution in [2.75, 3.05) is 13.2 Å². The Hall–Kier alpha value is -4.71. The van der Waals surface area contributed by atoms with Crippen molar-refractivity contribution < 1.29 is 33.4 Å². The van der Waals surface area contributed by atoms with Crippen LogP contribution < -0.4 is 16.4 Å². The summed E-state index contributed by atoms with van der Waals surface area (Å²) >= 11 is 0. The van der Waals surface area contributed by atoms with Crippen LogP contribution in [0.5, 0.6) is 0 Å². The molecule has 0 aliphatic heterocycles. The molecule has 48 heavy (non-hydrogen) atoms. The number of imidazole rings is 1. The Morgan fingerprint density at radius 1 is 0.812 bits per heavy atom. The molecular formula is C36H49N5O7. The van der Waals surface area contributed by atoms with E-state index in [1.165, 1.54) is 23.5 Å². The zero-order valence-electron chi connectivity index (χ0n) is 27.8. The average molecular weight is 664 g/mol. The van der Waals surface area contributed by atoms with Gasteiger partial charge in [-0.3, -0.25) is 4.79 Å². The van der Waals surface area contributed by atoms with Crippen LogP contribution >= 0.6 is 0 Å². The van der Waals surface area contributed by atoms with Crippen LogP contribution in [0.25, 0.3) is 0 Å². The molecule has 2 aromatic carbocycles. The second-order valence-electron chi connectivity index (χ2n) is 11.6. The molecule has 0 unspecified atom stereocenters. The number of carbonyl (C=O) groups excluding carboxylic acids is 4. The first kappa shape index (κ1) is 37.7. The fourth-order valence-corrected chi connectivity index (χ4v) is 4.80. The first-order valence-corrected chi connectivity index (χ1v) is 16.8. The minimum Gasteiger partial charge on any atom is -0.464 e. The van der Waals surface area contributed by atoms with Gasteiger partial charge in [0.1, 0.15) is 25.6 Å². The maximum Gasteiger partial charge on any atom is 0.419 e. The van der Waals surface area contributed by atoms with Gasteiger partial charge in [-0.15, -0.1) is 0 Å². The molecule has 0 saturated carbocycles. The van der Waals surface area contributed by atoms with Gasteiger partial charge in [0.25, 0.3) is 0 Å². The van der Waals surface area contributed by atoms with E-state index >= 15 is 0 Å². The summed E-state index contributed by atoms with van der Waals surface area (Å²) in [5.41, 5.74) is 8.34. The number of amides is 2. The summed E-state index contributed by atoms with van der Waals surface area (Å²) in [6.45, 7) is 3.06. The molecule has 0 fully saturated rings. The van der Waals surface area contributed by atoms with Crippen molar-refractivity contribution in [3.05, 3.63) is 90.0 Å². The molecule has 260 valence electrons. The Kier molecular flexibility index (Phi) is 17.3. The van der Waals surface area contributed by atoms with Gasteiger partial charge in [-0.25, -0.2) is 23.9 Å². The third-order valence-electron chi connectivity index (χ3n) is 7.56. The Labute approximate surface area is 282 Å². The number of benzene rings is 2. The van der Waals surface area contributed by atoms with Gasteiger partial charge < -0.3 is 30.6 Å². The largest absolute Gasteiger partial charge is 0.464 e. The van der Waals surface area contributed by atoms with Crippen molar-refractivity contribution in [3.8, 4) is 0 Å². The van der Waals surface area contributed by atoms with Gasteiger partial charge in [0.2, 0.25) is 5.91 Å². The van der Waals surface area contributed by atoms with E-state index in [9.17, 15) is 19.2 Å². The van der Waals surface area contributed by atoms with Crippen LogP contribution in [-0.2, 0) is 43.4 Å². The molecule has 0 saturated heterocycles. The number of rotatable bonds is 21. The number of carbonyl (C=O) groups is 4. The number of hydrogen-bond donors (Lipinski definition) is 3. The van der Waals surface area contributed by atoms with E-state index < -0.39 is 36.1 Å². The molecule has 1 aromatic heterocycles. The molecule has 3 rings (SSSR count). The van der Waals surface area contributed by atoms with Crippen LogP contribution in [0.4, 0.5) is 9.59 Å². The Bertz CT molecular complexity index is 1380. The predicted octanol–water partition coefficient (Wildman–Crippen LogP) is 5.42. The average Bonchev–Trinajstić information content (AvgIpc) is 3.58. The minimum absolute atomic E-state index is 0.0410. The van der Waals surface area contributed by atoms with Crippen LogP contribution in [0.2, 0.25) is 0 Å². The topological polar surface area (TPSA) is 164 Å². The summed E-state index contributed by atoms with van der Waals surface area (Å²) in [5, 5.41) is 5.44. The molecule has 4 N–H and O–H groups in total. The van der Waals surface area contributed by atoms with E-state index in [0.29, 0.717) is 31.5 Å². The maximum absolute atomic E-state index is 13.1. The van der Waals surface area contributed by atoms with Crippen LogP contribution in [-0.4, -0.2) is 58.8 Å². The SMILES string of the molecule is CCCCCCCCOC(=O)[C@H](CCCCNC(=O)OCc1ccccc1)NC(=O)[C@@H](N)Cc1cn(C(=O)OCc2ccccc2)cn1. The van der Waals surface area contributed by atoms with Crippen molar-refractivity contribution in [1.82, 2.24) is 20.2 Å². The molecule has 0 spiro atoms. The summed E-state index contributed by atoms with van der Waals surface area (Å²) in [6.07, 6.45) is 9.36. The number of hydrogen-bond acceptors (Lipinski definition) is 9. The van der Waals surface area contributed by atoms with Crippen LogP contribution in [0.15, 0.2) is 73.2 Å². The zero-order valence-corrected chi connectivity index (χ0v) is 27.8. The van der Waals surface area contributed by atoms with Crippen molar-refractivity contribution in [1.29, 1.82) is 0 Å². The van der Waals surface area contributed by atoms with Crippen molar-refractivity contribution >= 4 is 24.1 Å². The zero-order chi connectivity index (χ0) is 34.4. The monoisotopic (exact) mass is 663 g/mol. The van der Waals surface area contributed by atoms with Gasteiger partial charge in [0, 0.05) is 19.2 Å². The molecule has 0 aliphatic rings. The Balaban J connectivity index is 1.45. The number of ether oxygens (including phenoxy) is 3. The number of esters is 1. The predicted molar refractivity (Wildman–Crippen MR) is 181 cm³/mol. The van der Waals surface area contributed by atoms with Crippen molar-refractivity contribution in [2.45, 2.75) is 96.4 Å². The number of aromatic nitrogens is 2. The number of nitrogens with zero attached hydrogens (tertiary/aromatic N) is 2. The van der Waals surface area contributed by atoms with Crippen LogP contribution in [0.3, 0.4) is 0 Å². The second-order valence-corrected chi connectivity index (χ2v) is 11.6.